The highest BCUT2D eigenvalue weighted by atomic mass is 16.5. The van der Waals surface area contributed by atoms with Crippen molar-refractivity contribution in [2.45, 2.75) is 25.7 Å². The normalized spacial score (nSPS) is 20.4. The molecule has 14 heavy (non-hydrogen) atoms. The molecule has 0 N–H and O–H groups in total. The van der Waals surface area contributed by atoms with Crippen molar-refractivity contribution < 1.29 is 9.53 Å². The average Bonchev–Trinajstić information content (AvgIpc) is 2.23. The molecule has 0 aliphatic heterocycles. The maximum Gasteiger partial charge on any atom is 0.163 e. The third-order valence-electron chi connectivity index (χ3n) is 2.90. The SMILES string of the molecule is COc1ccc2c(c1)C(=O)CCC2C. The first-order valence-electron chi connectivity index (χ1n) is 4.93. The van der Waals surface area contributed by atoms with Gasteiger partial charge in [0.1, 0.15) is 5.75 Å². The van der Waals surface area contributed by atoms with E-state index in [1.165, 1.54) is 5.56 Å². The van der Waals surface area contributed by atoms with E-state index in [9.17, 15) is 4.79 Å². The molecular weight excluding hydrogens is 176 g/mol. The fraction of sp³-hybridized carbons (Fsp3) is 0.417. The van der Waals surface area contributed by atoms with E-state index in [4.69, 9.17) is 4.74 Å². The molecule has 0 amide bonds. The van der Waals surface area contributed by atoms with Gasteiger partial charge in [-0.25, -0.2) is 0 Å². The molecule has 0 heterocycles. The number of Topliss-reactive ketones (excluding diaryl/α,β-unsaturated/α-hetero) is 1. The first kappa shape index (κ1) is 9.25. The molecule has 2 nitrogen and oxygen atoms in total. The van der Waals surface area contributed by atoms with E-state index in [2.05, 4.69) is 6.92 Å². The summed E-state index contributed by atoms with van der Waals surface area (Å²) >= 11 is 0. The zero-order chi connectivity index (χ0) is 10.1. The number of fused-ring (bicyclic) bond motifs is 1. The first-order chi connectivity index (χ1) is 6.72. The molecule has 0 saturated carbocycles. The molecule has 0 fully saturated rings. The highest BCUT2D eigenvalue weighted by Crippen LogP contribution is 2.32. The number of carbonyl (C=O) groups excluding carboxylic acids is 1. The summed E-state index contributed by atoms with van der Waals surface area (Å²) in [5.41, 5.74) is 2.02. The van der Waals surface area contributed by atoms with Crippen LogP contribution in [0.25, 0.3) is 0 Å². The third-order valence-corrected chi connectivity index (χ3v) is 2.90. The Morgan fingerprint density at radius 2 is 2.21 bits per heavy atom. The summed E-state index contributed by atoms with van der Waals surface area (Å²) in [5.74, 6) is 1.51. The summed E-state index contributed by atoms with van der Waals surface area (Å²) in [6.07, 6.45) is 1.64. The number of hydrogen-bond donors (Lipinski definition) is 0. The van der Waals surface area contributed by atoms with Crippen molar-refractivity contribution in [3.8, 4) is 5.75 Å². The van der Waals surface area contributed by atoms with Crippen molar-refractivity contribution in [3.05, 3.63) is 29.3 Å². The van der Waals surface area contributed by atoms with E-state index < -0.39 is 0 Å². The van der Waals surface area contributed by atoms with E-state index >= 15 is 0 Å². The standard InChI is InChI=1S/C12H14O2/c1-8-3-6-12(13)11-7-9(14-2)4-5-10(8)11/h4-5,7-8H,3,6H2,1-2H3. The first-order valence-corrected chi connectivity index (χ1v) is 4.93. The number of carbonyl (C=O) groups is 1. The molecule has 2 heteroatoms. The van der Waals surface area contributed by atoms with E-state index in [0.29, 0.717) is 12.3 Å². The van der Waals surface area contributed by atoms with E-state index in [0.717, 1.165) is 17.7 Å². The van der Waals surface area contributed by atoms with E-state index in [-0.39, 0.29) is 5.78 Å². The molecule has 0 saturated heterocycles. The number of benzene rings is 1. The minimum atomic E-state index is 0.247. The average molecular weight is 190 g/mol. The van der Waals surface area contributed by atoms with Gasteiger partial charge in [0.25, 0.3) is 0 Å². The highest BCUT2D eigenvalue weighted by Gasteiger charge is 2.22. The topological polar surface area (TPSA) is 26.3 Å². The van der Waals surface area contributed by atoms with Crippen LogP contribution < -0.4 is 4.74 Å². The Kier molecular flexibility index (Phi) is 2.28. The van der Waals surface area contributed by atoms with Crippen LogP contribution in [0.4, 0.5) is 0 Å². The van der Waals surface area contributed by atoms with Gasteiger partial charge in [-0.3, -0.25) is 4.79 Å². The van der Waals surface area contributed by atoms with Crippen molar-refractivity contribution in [1.82, 2.24) is 0 Å². The van der Waals surface area contributed by atoms with E-state index in [1.807, 2.05) is 18.2 Å². The Balaban J connectivity index is 2.50. The predicted octanol–water partition coefficient (Wildman–Crippen LogP) is 2.78. The van der Waals surface area contributed by atoms with Gasteiger partial charge in [0.2, 0.25) is 0 Å². The second-order valence-electron chi connectivity index (χ2n) is 3.82. The van der Waals surface area contributed by atoms with Crippen molar-refractivity contribution in [1.29, 1.82) is 0 Å². The second-order valence-corrected chi connectivity index (χ2v) is 3.82. The van der Waals surface area contributed by atoms with Gasteiger partial charge in [-0.1, -0.05) is 13.0 Å². The minimum Gasteiger partial charge on any atom is -0.497 e. The van der Waals surface area contributed by atoms with Gasteiger partial charge in [-0.05, 0) is 30.0 Å². The number of methoxy groups -OCH3 is 1. The highest BCUT2D eigenvalue weighted by molar-refractivity contribution is 5.99. The van der Waals surface area contributed by atoms with Gasteiger partial charge in [0.05, 0.1) is 7.11 Å². The molecular formula is C12H14O2. The summed E-state index contributed by atoms with van der Waals surface area (Å²) in [5, 5.41) is 0. The van der Waals surface area contributed by atoms with Crippen LogP contribution >= 0.6 is 0 Å². The van der Waals surface area contributed by atoms with Gasteiger partial charge in [0, 0.05) is 12.0 Å². The van der Waals surface area contributed by atoms with Crippen LogP contribution in [-0.2, 0) is 0 Å². The van der Waals surface area contributed by atoms with Gasteiger partial charge in [-0.15, -0.1) is 0 Å². The van der Waals surface area contributed by atoms with Crippen LogP contribution in [0.1, 0.15) is 41.6 Å². The Morgan fingerprint density at radius 3 is 2.93 bits per heavy atom. The van der Waals surface area contributed by atoms with Crippen molar-refractivity contribution in [2.75, 3.05) is 7.11 Å². The third kappa shape index (κ3) is 1.41. The van der Waals surface area contributed by atoms with Crippen molar-refractivity contribution in [2.24, 2.45) is 0 Å². The molecule has 0 radical (unpaired) electrons. The summed E-state index contributed by atoms with van der Waals surface area (Å²) in [6.45, 7) is 2.16. The lowest BCUT2D eigenvalue weighted by Gasteiger charge is -2.21. The Bertz CT molecular complexity index is 369. The van der Waals surface area contributed by atoms with Crippen LogP contribution in [0.2, 0.25) is 0 Å². The van der Waals surface area contributed by atoms with Gasteiger partial charge in [0.15, 0.2) is 5.78 Å². The maximum absolute atomic E-state index is 11.6. The molecule has 1 aliphatic carbocycles. The monoisotopic (exact) mass is 190 g/mol. The minimum absolute atomic E-state index is 0.247. The second kappa shape index (κ2) is 3.45. The smallest absolute Gasteiger partial charge is 0.163 e. The fourth-order valence-corrected chi connectivity index (χ4v) is 1.97. The van der Waals surface area contributed by atoms with Crippen LogP contribution in [0.5, 0.6) is 5.75 Å². The molecule has 1 aliphatic rings. The van der Waals surface area contributed by atoms with Gasteiger partial charge >= 0.3 is 0 Å². The maximum atomic E-state index is 11.6. The Labute approximate surface area is 83.9 Å². The lowest BCUT2D eigenvalue weighted by molar-refractivity contribution is 0.0967. The van der Waals surface area contributed by atoms with E-state index in [1.54, 1.807) is 7.11 Å². The van der Waals surface area contributed by atoms with Crippen LogP contribution in [0, 0.1) is 0 Å². The van der Waals surface area contributed by atoms with Crippen LogP contribution in [0.15, 0.2) is 18.2 Å². The molecule has 0 bridgehead atoms. The molecule has 0 aromatic heterocycles. The quantitative estimate of drug-likeness (QED) is 0.680. The van der Waals surface area contributed by atoms with Crippen LogP contribution in [-0.4, -0.2) is 12.9 Å². The molecule has 0 spiro atoms. The number of rotatable bonds is 1. The fourth-order valence-electron chi connectivity index (χ4n) is 1.97. The van der Waals surface area contributed by atoms with Crippen molar-refractivity contribution >= 4 is 5.78 Å². The molecule has 74 valence electrons. The predicted molar refractivity (Wildman–Crippen MR) is 55.0 cm³/mol. The molecule has 2 rings (SSSR count). The number of ether oxygens (including phenoxy) is 1. The number of ketones is 1. The zero-order valence-corrected chi connectivity index (χ0v) is 8.54. The molecule has 1 atom stereocenters. The molecule has 1 aromatic carbocycles. The Morgan fingerprint density at radius 1 is 1.43 bits per heavy atom. The molecule has 1 unspecified atom stereocenters. The van der Waals surface area contributed by atoms with Gasteiger partial charge in [-0.2, -0.15) is 0 Å². The summed E-state index contributed by atoms with van der Waals surface area (Å²) < 4.78 is 5.11. The molecule has 1 aromatic rings. The summed E-state index contributed by atoms with van der Waals surface area (Å²) in [7, 11) is 1.62. The lowest BCUT2D eigenvalue weighted by Crippen LogP contribution is -2.13. The Hall–Kier alpha value is -1.31. The van der Waals surface area contributed by atoms with Crippen LogP contribution in [0.3, 0.4) is 0 Å². The van der Waals surface area contributed by atoms with Crippen molar-refractivity contribution in [3.63, 3.8) is 0 Å². The van der Waals surface area contributed by atoms with Gasteiger partial charge < -0.3 is 4.74 Å². The summed E-state index contributed by atoms with van der Waals surface area (Å²) in [6, 6.07) is 5.79. The summed E-state index contributed by atoms with van der Waals surface area (Å²) in [4.78, 5) is 11.6. The zero-order valence-electron chi connectivity index (χ0n) is 8.54. The number of hydrogen-bond acceptors (Lipinski definition) is 2. The largest absolute Gasteiger partial charge is 0.497 e. The lowest BCUT2D eigenvalue weighted by atomic mass is 9.83.